The van der Waals surface area contributed by atoms with E-state index in [2.05, 4.69) is 16.3 Å². The first-order valence-electron chi connectivity index (χ1n) is 10.2. The smallest absolute Gasteiger partial charge is 0.258 e. The van der Waals surface area contributed by atoms with E-state index in [0.717, 1.165) is 31.5 Å². The topological polar surface area (TPSA) is 74.6 Å². The summed E-state index contributed by atoms with van der Waals surface area (Å²) in [5.41, 5.74) is 1.50. The molecule has 158 valence electrons. The highest BCUT2D eigenvalue weighted by molar-refractivity contribution is 6.31. The number of rotatable bonds is 9. The molecule has 1 saturated heterocycles. The van der Waals surface area contributed by atoms with Crippen LogP contribution in [0.25, 0.3) is 0 Å². The first-order valence-corrected chi connectivity index (χ1v) is 10.5. The van der Waals surface area contributed by atoms with Crippen LogP contribution >= 0.6 is 11.6 Å². The molecule has 6 nitrogen and oxygen atoms in total. The molecule has 2 aromatic carbocycles. The monoisotopic (exact) mass is 427 g/mol. The molecule has 0 bridgehead atoms. The molecule has 1 atom stereocenters. The van der Waals surface area contributed by atoms with E-state index in [-0.39, 0.29) is 18.6 Å². The minimum atomic E-state index is -0.224. The van der Waals surface area contributed by atoms with Crippen LogP contribution in [0.5, 0.6) is 11.5 Å². The highest BCUT2D eigenvalue weighted by Gasteiger charge is 2.25. The molecular weight excluding hydrogens is 402 g/mol. The van der Waals surface area contributed by atoms with E-state index >= 15 is 0 Å². The number of nitrogens with one attached hydrogen (secondary N) is 1. The van der Waals surface area contributed by atoms with E-state index in [1.54, 1.807) is 18.2 Å². The summed E-state index contributed by atoms with van der Waals surface area (Å²) in [6, 6.07) is 14.8. The largest absolute Gasteiger partial charge is 0.490 e. The summed E-state index contributed by atoms with van der Waals surface area (Å²) in [5, 5.41) is 12.7. The average Bonchev–Trinajstić information content (AvgIpc) is 3.29. The molecule has 1 unspecified atom stereocenters. The maximum atomic E-state index is 12.5. The fourth-order valence-corrected chi connectivity index (χ4v) is 3.87. The van der Waals surface area contributed by atoms with Gasteiger partial charge in [0, 0.05) is 17.6 Å². The highest BCUT2D eigenvalue weighted by atomic mass is 35.5. The van der Waals surface area contributed by atoms with Crippen molar-refractivity contribution in [2.45, 2.75) is 25.8 Å². The van der Waals surface area contributed by atoms with Gasteiger partial charge in [-0.25, -0.2) is 0 Å². The molecule has 1 N–H and O–H groups in total. The first kappa shape index (κ1) is 21.9. The van der Waals surface area contributed by atoms with Gasteiger partial charge in [0.05, 0.1) is 24.3 Å². The van der Waals surface area contributed by atoms with Crippen molar-refractivity contribution in [1.29, 1.82) is 5.26 Å². The van der Waals surface area contributed by atoms with E-state index in [1.165, 1.54) is 0 Å². The average molecular weight is 428 g/mol. The lowest BCUT2D eigenvalue weighted by molar-refractivity contribution is -0.123. The Bertz CT molecular complexity index is 907. The van der Waals surface area contributed by atoms with Gasteiger partial charge in [-0.3, -0.25) is 9.69 Å². The quantitative estimate of drug-likeness (QED) is 0.656. The third-order valence-corrected chi connectivity index (χ3v) is 5.41. The standard InChI is InChI=1S/C23H26ClN3O3/c1-2-29-22-13-17(14-25)9-10-21(22)30-16-23(28)26-15-20(27-11-5-6-12-27)18-7-3-4-8-19(18)24/h3-4,7-10,13,20H,2,5-6,11-12,15-16H2,1H3,(H,26,28). The van der Waals surface area contributed by atoms with E-state index in [4.69, 9.17) is 26.3 Å². The Hall–Kier alpha value is -2.75. The fourth-order valence-electron chi connectivity index (χ4n) is 3.60. The van der Waals surface area contributed by atoms with Gasteiger partial charge >= 0.3 is 0 Å². The van der Waals surface area contributed by atoms with Crippen molar-refractivity contribution in [3.63, 3.8) is 0 Å². The normalized spacial score (nSPS) is 14.7. The zero-order valence-electron chi connectivity index (χ0n) is 17.1. The van der Waals surface area contributed by atoms with E-state index in [1.807, 2.05) is 31.2 Å². The van der Waals surface area contributed by atoms with Crippen LogP contribution in [-0.2, 0) is 4.79 Å². The molecule has 3 rings (SSSR count). The Morgan fingerprint density at radius 1 is 1.20 bits per heavy atom. The maximum Gasteiger partial charge on any atom is 0.258 e. The van der Waals surface area contributed by atoms with Gasteiger partial charge in [-0.2, -0.15) is 5.26 Å². The Morgan fingerprint density at radius 2 is 1.97 bits per heavy atom. The van der Waals surface area contributed by atoms with Gasteiger partial charge in [-0.05, 0) is 56.6 Å². The van der Waals surface area contributed by atoms with E-state index in [9.17, 15) is 4.79 Å². The van der Waals surface area contributed by atoms with Crippen molar-refractivity contribution in [3.8, 4) is 17.6 Å². The number of benzene rings is 2. The second-order valence-corrected chi connectivity index (χ2v) is 7.49. The number of carbonyl (C=O) groups excluding carboxylic acids is 1. The van der Waals surface area contributed by atoms with Gasteiger partial charge in [-0.15, -0.1) is 0 Å². The van der Waals surface area contributed by atoms with Gasteiger partial charge in [0.1, 0.15) is 0 Å². The van der Waals surface area contributed by atoms with Crippen molar-refractivity contribution in [2.75, 3.05) is 32.8 Å². The molecule has 1 aliphatic heterocycles. The van der Waals surface area contributed by atoms with Crippen LogP contribution in [0.3, 0.4) is 0 Å². The lowest BCUT2D eigenvalue weighted by atomic mass is 10.1. The number of amides is 1. The fraction of sp³-hybridized carbons (Fsp3) is 0.391. The predicted molar refractivity (Wildman–Crippen MR) is 116 cm³/mol. The SMILES string of the molecule is CCOc1cc(C#N)ccc1OCC(=O)NCC(c1ccccc1Cl)N1CCCC1. The number of nitriles is 1. The number of halogens is 1. The molecule has 1 amide bonds. The Morgan fingerprint density at radius 3 is 2.67 bits per heavy atom. The van der Waals surface area contributed by atoms with Crippen LogP contribution < -0.4 is 14.8 Å². The molecule has 0 aliphatic carbocycles. The molecule has 1 fully saturated rings. The molecule has 1 aliphatic rings. The number of likely N-dealkylation sites (tertiary alicyclic amines) is 1. The highest BCUT2D eigenvalue weighted by Crippen LogP contribution is 2.30. The zero-order valence-corrected chi connectivity index (χ0v) is 17.8. The summed E-state index contributed by atoms with van der Waals surface area (Å²) in [5.74, 6) is 0.668. The predicted octanol–water partition coefficient (Wildman–Crippen LogP) is 3.94. The van der Waals surface area contributed by atoms with Gasteiger partial charge in [0.25, 0.3) is 5.91 Å². The van der Waals surface area contributed by atoms with Crippen molar-refractivity contribution in [1.82, 2.24) is 10.2 Å². The van der Waals surface area contributed by atoms with Crippen molar-refractivity contribution < 1.29 is 14.3 Å². The zero-order chi connectivity index (χ0) is 21.3. The van der Waals surface area contributed by atoms with Crippen LogP contribution in [0.15, 0.2) is 42.5 Å². The Kier molecular flexibility index (Phi) is 7.95. The molecule has 0 radical (unpaired) electrons. The molecule has 1 heterocycles. The lowest BCUT2D eigenvalue weighted by Crippen LogP contribution is -2.38. The molecule has 2 aromatic rings. The molecule has 0 spiro atoms. The molecule has 30 heavy (non-hydrogen) atoms. The molecule has 0 aromatic heterocycles. The third-order valence-electron chi connectivity index (χ3n) is 5.07. The van der Waals surface area contributed by atoms with Crippen molar-refractivity contribution >= 4 is 17.5 Å². The molecule has 0 saturated carbocycles. The second kappa shape index (κ2) is 10.9. The van der Waals surface area contributed by atoms with Crippen LogP contribution in [0.2, 0.25) is 5.02 Å². The Balaban J connectivity index is 1.61. The summed E-state index contributed by atoms with van der Waals surface area (Å²) < 4.78 is 11.2. The number of nitrogens with zero attached hydrogens (tertiary/aromatic N) is 2. The number of carbonyl (C=O) groups is 1. The van der Waals surface area contributed by atoms with E-state index < -0.39 is 0 Å². The van der Waals surface area contributed by atoms with Gasteiger partial charge in [-0.1, -0.05) is 29.8 Å². The van der Waals surface area contributed by atoms with Gasteiger partial charge in [0.15, 0.2) is 18.1 Å². The number of hydrogen-bond donors (Lipinski definition) is 1. The van der Waals surface area contributed by atoms with Crippen molar-refractivity contribution in [3.05, 3.63) is 58.6 Å². The third kappa shape index (κ3) is 5.65. The summed E-state index contributed by atoms with van der Waals surface area (Å²) in [4.78, 5) is 14.8. The Labute approximate surface area is 182 Å². The summed E-state index contributed by atoms with van der Waals surface area (Å²) >= 11 is 6.42. The lowest BCUT2D eigenvalue weighted by Gasteiger charge is -2.29. The number of hydrogen-bond acceptors (Lipinski definition) is 5. The van der Waals surface area contributed by atoms with Crippen LogP contribution in [0.1, 0.15) is 36.9 Å². The van der Waals surface area contributed by atoms with Gasteiger partial charge in [0.2, 0.25) is 0 Å². The maximum absolute atomic E-state index is 12.5. The van der Waals surface area contributed by atoms with Crippen LogP contribution in [0.4, 0.5) is 0 Å². The van der Waals surface area contributed by atoms with Crippen molar-refractivity contribution in [2.24, 2.45) is 0 Å². The summed E-state index contributed by atoms with van der Waals surface area (Å²) in [6.45, 7) is 4.59. The molecular formula is C23H26ClN3O3. The van der Waals surface area contributed by atoms with Gasteiger partial charge < -0.3 is 14.8 Å². The summed E-state index contributed by atoms with van der Waals surface area (Å²) in [6.07, 6.45) is 2.30. The number of ether oxygens (including phenoxy) is 2. The van der Waals surface area contributed by atoms with Crippen LogP contribution in [0, 0.1) is 11.3 Å². The first-order chi connectivity index (χ1) is 14.6. The minimum Gasteiger partial charge on any atom is -0.490 e. The second-order valence-electron chi connectivity index (χ2n) is 7.08. The summed E-state index contributed by atoms with van der Waals surface area (Å²) in [7, 11) is 0. The minimum absolute atomic E-state index is 0.0269. The van der Waals surface area contributed by atoms with Crippen LogP contribution in [-0.4, -0.2) is 43.7 Å². The molecule has 7 heteroatoms. The van der Waals surface area contributed by atoms with E-state index in [0.29, 0.717) is 35.2 Å².